The summed E-state index contributed by atoms with van der Waals surface area (Å²) in [5, 5.41) is 2.92. The lowest BCUT2D eigenvalue weighted by Crippen LogP contribution is -2.37. The van der Waals surface area contributed by atoms with Gasteiger partial charge >= 0.3 is 0 Å². The Hall–Kier alpha value is -2.47. The van der Waals surface area contributed by atoms with Gasteiger partial charge in [-0.25, -0.2) is 9.97 Å². The predicted octanol–water partition coefficient (Wildman–Crippen LogP) is 1.48. The van der Waals surface area contributed by atoms with Gasteiger partial charge in [-0.05, 0) is 18.6 Å². The lowest BCUT2D eigenvalue weighted by Gasteiger charge is -2.26. The number of carbonyl (C=O) groups is 1. The number of hydrogen-bond acceptors (Lipinski definition) is 5. The van der Waals surface area contributed by atoms with Crippen LogP contribution in [-0.2, 0) is 22.5 Å². The lowest BCUT2D eigenvalue weighted by atomic mass is 10.1. The molecule has 2 heterocycles. The Balaban J connectivity index is 1.55. The molecule has 24 heavy (non-hydrogen) atoms. The molecule has 0 aliphatic carbocycles. The van der Waals surface area contributed by atoms with Crippen LogP contribution in [0.3, 0.4) is 0 Å². The van der Waals surface area contributed by atoms with E-state index in [1.54, 1.807) is 6.20 Å². The molecule has 0 saturated carbocycles. The molecule has 1 aromatic heterocycles. The first-order chi connectivity index (χ1) is 11.7. The van der Waals surface area contributed by atoms with E-state index in [2.05, 4.69) is 20.2 Å². The fourth-order valence-corrected chi connectivity index (χ4v) is 2.66. The minimum absolute atomic E-state index is 0.00728. The number of ether oxygens (including phenoxy) is 1. The van der Waals surface area contributed by atoms with Crippen molar-refractivity contribution in [3.8, 4) is 0 Å². The summed E-state index contributed by atoms with van der Waals surface area (Å²) in [5.74, 6) is 0.691. The van der Waals surface area contributed by atoms with E-state index in [1.807, 2.05) is 37.3 Å². The number of benzene rings is 1. The van der Waals surface area contributed by atoms with E-state index in [9.17, 15) is 4.79 Å². The minimum Gasteiger partial charge on any atom is -0.378 e. The van der Waals surface area contributed by atoms with Gasteiger partial charge < -0.3 is 15.0 Å². The molecule has 1 N–H and O–H groups in total. The molecule has 1 aliphatic rings. The van der Waals surface area contributed by atoms with Crippen LogP contribution >= 0.6 is 0 Å². The molecule has 1 saturated heterocycles. The summed E-state index contributed by atoms with van der Waals surface area (Å²) in [6.45, 7) is 5.41. The molecule has 0 unspecified atom stereocenters. The van der Waals surface area contributed by atoms with E-state index in [-0.39, 0.29) is 5.91 Å². The Bertz CT molecular complexity index is 699. The summed E-state index contributed by atoms with van der Waals surface area (Å²) in [6, 6.07) is 9.82. The van der Waals surface area contributed by atoms with Crippen LogP contribution in [0.15, 0.2) is 36.5 Å². The number of hydrogen-bond donors (Lipinski definition) is 1. The molecule has 6 heteroatoms. The van der Waals surface area contributed by atoms with Gasteiger partial charge in [0.2, 0.25) is 11.9 Å². The highest BCUT2D eigenvalue weighted by molar-refractivity contribution is 5.78. The van der Waals surface area contributed by atoms with Crippen LogP contribution in [0.4, 0.5) is 5.95 Å². The summed E-state index contributed by atoms with van der Waals surface area (Å²) in [4.78, 5) is 23.0. The molecule has 6 nitrogen and oxygen atoms in total. The molecular weight excluding hydrogens is 304 g/mol. The first-order valence-electron chi connectivity index (χ1n) is 8.17. The number of aryl methyl sites for hydroxylation is 1. The van der Waals surface area contributed by atoms with Crippen LogP contribution in [0.2, 0.25) is 0 Å². The van der Waals surface area contributed by atoms with Crippen LogP contribution < -0.4 is 10.2 Å². The van der Waals surface area contributed by atoms with E-state index >= 15 is 0 Å². The van der Waals surface area contributed by atoms with Gasteiger partial charge in [-0.1, -0.05) is 29.8 Å². The third kappa shape index (κ3) is 4.52. The fourth-order valence-electron chi connectivity index (χ4n) is 2.66. The lowest BCUT2D eigenvalue weighted by molar-refractivity contribution is -0.120. The summed E-state index contributed by atoms with van der Waals surface area (Å²) in [7, 11) is 0. The number of morpholine rings is 1. The second-order valence-electron chi connectivity index (χ2n) is 5.89. The average molecular weight is 326 g/mol. The molecule has 3 rings (SSSR count). The molecule has 0 spiro atoms. The average Bonchev–Trinajstić information content (AvgIpc) is 2.61. The third-order valence-corrected chi connectivity index (χ3v) is 3.91. The van der Waals surface area contributed by atoms with Crippen LogP contribution in [0.1, 0.15) is 16.8 Å². The molecule has 0 radical (unpaired) electrons. The monoisotopic (exact) mass is 326 g/mol. The largest absolute Gasteiger partial charge is 0.378 e. The number of nitrogens with one attached hydrogen (secondary N) is 1. The quantitative estimate of drug-likeness (QED) is 0.901. The zero-order valence-corrected chi connectivity index (χ0v) is 13.9. The van der Waals surface area contributed by atoms with Gasteiger partial charge in [0, 0.05) is 19.3 Å². The minimum atomic E-state index is -0.00728. The van der Waals surface area contributed by atoms with Crippen molar-refractivity contribution in [2.45, 2.75) is 19.9 Å². The zero-order valence-electron chi connectivity index (χ0n) is 13.9. The Morgan fingerprint density at radius 1 is 1.29 bits per heavy atom. The summed E-state index contributed by atoms with van der Waals surface area (Å²) < 4.78 is 5.34. The highest BCUT2D eigenvalue weighted by Crippen LogP contribution is 2.10. The van der Waals surface area contributed by atoms with Crippen LogP contribution in [-0.4, -0.2) is 42.2 Å². The van der Waals surface area contributed by atoms with Crippen molar-refractivity contribution in [2.75, 3.05) is 31.2 Å². The van der Waals surface area contributed by atoms with Gasteiger partial charge in [0.1, 0.15) is 0 Å². The smallest absolute Gasteiger partial charge is 0.225 e. The van der Waals surface area contributed by atoms with Crippen molar-refractivity contribution in [1.82, 2.24) is 15.3 Å². The molecule has 0 atom stereocenters. The van der Waals surface area contributed by atoms with E-state index in [0.717, 1.165) is 29.9 Å². The van der Waals surface area contributed by atoms with Crippen molar-refractivity contribution in [2.24, 2.45) is 0 Å². The molecule has 1 amide bonds. The standard InChI is InChI=1S/C18H22N4O2/c1-14-3-2-4-15(11-14)12-17(23)20-13-16-5-6-19-18(21-16)22-7-9-24-10-8-22/h2-6,11H,7-10,12-13H2,1H3,(H,20,23). The normalized spacial score (nSPS) is 14.5. The molecular formula is C18H22N4O2. The Morgan fingerprint density at radius 2 is 2.12 bits per heavy atom. The molecule has 1 aromatic carbocycles. The maximum absolute atomic E-state index is 12.1. The van der Waals surface area contributed by atoms with Gasteiger partial charge in [0.25, 0.3) is 0 Å². The first-order valence-corrected chi connectivity index (χ1v) is 8.17. The fraction of sp³-hybridized carbons (Fsp3) is 0.389. The van der Waals surface area contributed by atoms with Crippen LogP contribution in [0.25, 0.3) is 0 Å². The number of nitrogens with zero attached hydrogens (tertiary/aromatic N) is 3. The van der Waals surface area contributed by atoms with Gasteiger partial charge in [-0.3, -0.25) is 4.79 Å². The number of carbonyl (C=O) groups excluding carboxylic acids is 1. The number of amides is 1. The van der Waals surface area contributed by atoms with Crippen LogP contribution in [0.5, 0.6) is 0 Å². The van der Waals surface area contributed by atoms with Gasteiger partial charge in [0.05, 0.1) is 31.9 Å². The van der Waals surface area contributed by atoms with E-state index < -0.39 is 0 Å². The topological polar surface area (TPSA) is 67.4 Å². The van der Waals surface area contributed by atoms with Crippen molar-refractivity contribution in [1.29, 1.82) is 0 Å². The summed E-state index contributed by atoms with van der Waals surface area (Å²) in [6.07, 6.45) is 2.11. The van der Waals surface area contributed by atoms with Gasteiger partial charge in [-0.2, -0.15) is 0 Å². The molecule has 2 aromatic rings. The number of aromatic nitrogens is 2. The molecule has 1 fully saturated rings. The Morgan fingerprint density at radius 3 is 2.92 bits per heavy atom. The predicted molar refractivity (Wildman–Crippen MR) is 91.8 cm³/mol. The summed E-state index contributed by atoms with van der Waals surface area (Å²) >= 11 is 0. The van der Waals surface area contributed by atoms with Crippen molar-refractivity contribution in [3.05, 3.63) is 53.3 Å². The molecule has 0 bridgehead atoms. The molecule has 126 valence electrons. The maximum atomic E-state index is 12.1. The van der Waals surface area contributed by atoms with Crippen molar-refractivity contribution in [3.63, 3.8) is 0 Å². The van der Waals surface area contributed by atoms with E-state index in [1.165, 1.54) is 0 Å². The van der Waals surface area contributed by atoms with E-state index in [0.29, 0.717) is 32.1 Å². The van der Waals surface area contributed by atoms with Gasteiger partial charge in [-0.15, -0.1) is 0 Å². The van der Waals surface area contributed by atoms with E-state index in [4.69, 9.17) is 4.74 Å². The van der Waals surface area contributed by atoms with Crippen molar-refractivity contribution < 1.29 is 9.53 Å². The maximum Gasteiger partial charge on any atom is 0.225 e. The SMILES string of the molecule is Cc1cccc(CC(=O)NCc2ccnc(N3CCOCC3)n2)c1. The Kier molecular flexibility index (Phi) is 5.38. The number of anilines is 1. The highest BCUT2D eigenvalue weighted by atomic mass is 16.5. The van der Waals surface area contributed by atoms with Crippen LogP contribution in [0, 0.1) is 6.92 Å². The summed E-state index contributed by atoms with van der Waals surface area (Å²) in [5.41, 5.74) is 2.99. The number of rotatable bonds is 5. The second kappa shape index (κ2) is 7.88. The highest BCUT2D eigenvalue weighted by Gasteiger charge is 2.14. The third-order valence-electron chi connectivity index (χ3n) is 3.91. The zero-order chi connectivity index (χ0) is 16.8. The second-order valence-corrected chi connectivity index (χ2v) is 5.89. The van der Waals surface area contributed by atoms with Gasteiger partial charge in [0.15, 0.2) is 0 Å². The molecule has 1 aliphatic heterocycles. The Labute approximate surface area is 141 Å². The first kappa shape index (κ1) is 16.4. The van der Waals surface area contributed by atoms with Crippen molar-refractivity contribution >= 4 is 11.9 Å².